The lowest BCUT2D eigenvalue weighted by atomic mass is 9.36. The van der Waals surface area contributed by atoms with Crippen molar-refractivity contribution in [1.29, 1.82) is 0 Å². The molecule has 0 amide bonds. The molecule has 4 aliphatic carbocycles. The van der Waals surface area contributed by atoms with Crippen LogP contribution in [0.3, 0.4) is 0 Å². The molecule has 4 saturated carbocycles. The first-order chi connectivity index (χ1) is 46.8. The monoisotopic (exact) mass is 1520 g/mol. The fourth-order valence-corrected chi connectivity index (χ4v) is 19.8. The molecule has 10 fully saturated rings. The van der Waals surface area contributed by atoms with E-state index in [2.05, 4.69) is 22.2 Å². The Bertz CT molecular complexity index is 3330. The normalized spacial score (nSPS) is 48.7. The molecule has 582 valence electrons. The van der Waals surface area contributed by atoms with Crippen LogP contribution in [0.25, 0.3) is 0 Å². The maximum absolute atomic E-state index is 15.0. The summed E-state index contributed by atoms with van der Waals surface area (Å²) in [5, 5.41) is 116. The first kappa shape index (κ1) is 81.0. The van der Waals surface area contributed by atoms with Gasteiger partial charge in [0.1, 0.15) is 121 Å². The highest BCUT2D eigenvalue weighted by molar-refractivity contribution is 7.81. The molecular formula is C61H98O37S3. The van der Waals surface area contributed by atoms with Crippen LogP contribution < -0.4 is 0 Å². The standard InChI is InChI=1S/C61H98O37S3/c1-25(2)11-14-36-59(9,97-27(4)62)61(73)20-19-58(8)29-12-13-34-56(5,6)35(16-17-57(34,7)28(29)15-18-60(58,61)55(72)92-36)91-53-48(40(67)33(22-85-53)98-101(80,81)82)96-54-49(95-50-41(68)37(64)30(63)21-84-50)42(69)45(26(3)88-54)93-52-44(71)47(39(66)32(90-52)24-87-100(77,78)79)94-51-43(70)46(83-10)38(65)31(89-51)23-86-99(74,75)76/h11,26,28-54,63-71,73H,12-24H2,1-10H3,(H,74,75,76)(H,77,78,79)(H,80,81,82)/t26-,28+,29?,30-,31-,32-,33-,34?,35+,36-,37+,38-,39-,40+,41-,42+,43-,44-,45-,46+,47+,48-,49-,50+,51+,52+,53+,54+,57-,58+,59-,60-,61+/m1/s1. The highest BCUT2D eigenvalue weighted by atomic mass is 32.3. The molecule has 101 heavy (non-hydrogen) atoms. The van der Waals surface area contributed by atoms with Crippen LogP contribution in [0.15, 0.2) is 11.6 Å². The summed E-state index contributed by atoms with van der Waals surface area (Å²) >= 11 is 0. The van der Waals surface area contributed by atoms with Gasteiger partial charge in [-0.3, -0.25) is 23.2 Å². The van der Waals surface area contributed by atoms with Crippen molar-refractivity contribution in [1.82, 2.24) is 0 Å². The summed E-state index contributed by atoms with van der Waals surface area (Å²) in [6.07, 6.45) is -42.4. The Labute approximate surface area is 583 Å². The zero-order chi connectivity index (χ0) is 74.6. The van der Waals surface area contributed by atoms with Crippen molar-refractivity contribution >= 4 is 43.1 Å². The zero-order valence-electron chi connectivity index (χ0n) is 57.3. The van der Waals surface area contributed by atoms with Gasteiger partial charge >= 0.3 is 43.1 Å². The first-order valence-corrected chi connectivity index (χ1v) is 37.7. The summed E-state index contributed by atoms with van der Waals surface area (Å²) in [5.41, 5.74) is -5.94. The lowest BCUT2D eigenvalue weighted by Gasteiger charge is -2.69. The number of carbonyl (C=O) groups is 2. The summed E-state index contributed by atoms with van der Waals surface area (Å²) in [6.45, 7) is 12.4. The smallest absolute Gasteiger partial charge is 0.397 e. The Morgan fingerprint density at radius 1 is 0.574 bits per heavy atom. The van der Waals surface area contributed by atoms with Crippen molar-refractivity contribution in [2.45, 2.75) is 285 Å². The molecule has 6 saturated heterocycles. The fraction of sp³-hybridized carbons (Fsp3) is 0.934. The minimum atomic E-state index is -5.36. The number of hydrogen-bond donors (Lipinski definition) is 13. The number of fused-ring (bicyclic) bond motifs is 4. The number of methoxy groups -OCH3 is 1. The number of carbonyl (C=O) groups excluding carboxylic acids is 2. The van der Waals surface area contributed by atoms with Crippen LogP contribution >= 0.6 is 0 Å². The molecule has 0 radical (unpaired) electrons. The third-order valence-electron chi connectivity index (χ3n) is 23.7. The lowest BCUT2D eigenvalue weighted by Crippen LogP contribution is -2.77. The van der Waals surface area contributed by atoms with Crippen LogP contribution in [0.5, 0.6) is 0 Å². The van der Waals surface area contributed by atoms with Gasteiger partial charge in [-0.15, -0.1) is 0 Å². The number of esters is 2. The lowest BCUT2D eigenvalue weighted by molar-refractivity contribution is -0.403. The van der Waals surface area contributed by atoms with Crippen molar-refractivity contribution in [3.8, 4) is 0 Å². The second-order valence-electron chi connectivity index (χ2n) is 29.9. The van der Waals surface area contributed by atoms with Gasteiger partial charge in [0.25, 0.3) is 0 Å². The Hall–Kier alpha value is -2.55. The van der Waals surface area contributed by atoms with E-state index in [1.54, 1.807) is 6.92 Å². The maximum Gasteiger partial charge on any atom is 0.397 e. The Morgan fingerprint density at radius 3 is 1.72 bits per heavy atom. The van der Waals surface area contributed by atoms with Crippen molar-refractivity contribution < 1.29 is 174 Å². The zero-order valence-corrected chi connectivity index (χ0v) is 59.7. The van der Waals surface area contributed by atoms with Crippen LogP contribution in [0.4, 0.5) is 0 Å². The minimum absolute atomic E-state index is 0.0192. The van der Waals surface area contributed by atoms with Gasteiger partial charge in [-0.1, -0.05) is 39.3 Å². The third-order valence-corrected chi connectivity index (χ3v) is 25.0. The maximum atomic E-state index is 15.0. The van der Waals surface area contributed by atoms with Gasteiger partial charge in [-0.2, -0.15) is 25.3 Å². The van der Waals surface area contributed by atoms with E-state index in [1.165, 1.54) is 13.8 Å². The van der Waals surface area contributed by atoms with Crippen molar-refractivity contribution in [3.63, 3.8) is 0 Å². The molecule has 33 atom stereocenters. The quantitative estimate of drug-likeness (QED) is 0.0227. The molecule has 1 spiro atoms. The Morgan fingerprint density at radius 2 is 1.14 bits per heavy atom. The van der Waals surface area contributed by atoms with E-state index >= 15 is 0 Å². The van der Waals surface area contributed by atoms with Crippen LogP contribution in [-0.4, -0.2) is 300 Å². The largest absolute Gasteiger partial charge is 0.457 e. The van der Waals surface area contributed by atoms with Crippen molar-refractivity contribution in [2.24, 2.45) is 39.4 Å². The van der Waals surface area contributed by atoms with Crippen molar-refractivity contribution in [2.75, 3.05) is 33.5 Å². The number of cyclic esters (lactones) is 1. The molecule has 0 aromatic rings. The van der Waals surface area contributed by atoms with E-state index < -0.39 is 256 Å². The molecule has 0 aromatic heterocycles. The minimum Gasteiger partial charge on any atom is -0.457 e. The van der Waals surface area contributed by atoms with Gasteiger partial charge in [0.15, 0.2) is 37.1 Å². The molecule has 0 bridgehead atoms. The average molecular weight is 1520 g/mol. The van der Waals surface area contributed by atoms with E-state index in [4.69, 9.17) is 65.8 Å². The highest BCUT2D eigenvalue weighted by Crippen LogP contribution is 2.78. The molecule has 2 unspecified atom stereocenters. The van der Waals surface area contributed by atoms with Gasteiger partial charge in [0.05, 0.1) is 38.6 Å². The molecule has 13 N–H and O–H groups in total. The van der Waals surface area contributed by atoms with Gasteiger partial charge < -0.3 is 113 Å². The number of allylic oxidation sites excluding steroid dienone is 1. The van der Waals surface area contributed by atoms with Gasteiger partial charge in [-0.25, -0.2) is 12.5 Å². The molecular weight excluding hydrogens is 1420 g/mol. The molecule has 6 aliphatic heterocycles. The third kappa shape index (κ3) is 15.2. The predicted molar refractivity (Wildman–Crippen MR) is 331 cm³/mol. The van der Waals surface area contributed by atoms with Crippen LogP contribution in [0.1, 0.15) is 120 Å². The van der Waals surface area contributed by atoms with Gasteiger partial charge in [0.2, 0.25) is 0 Å². The van der Waals surface area contributed by atoms with E-state index in [0.29, 0.717) is 38.5 Å². The highest BCUT2D eigenvalue weighted by Gasteiger charge is 2.84. The van der Waals surface area contributed by atoms with E-state index in [0.717, 1.165) is 12.7 Å². The number of ether oxygens (including phenoxy) is 13. The van der Waals surface area contributed by atoms with Crippen LogP contribution in [0.2, 0.25) is 0 Å². The average Bonchev–Trinajstić information content (AvgIpc) is 1.55. The predicted octanol–water partition coefficient (Wildman–Crippen LogP) is -2.71. The number of aliphatic hydroxyl groups excluding tert-OH is 9. The van der Waals surface area contributed by atoms with E-state index in [9.17, 15) is 99.6 Å². The summed E-state index contributed by atoms with van der Waals surface area (Å²) in [7, 11) is -14.9. The van der Waals surface area contributed by atoms with Gasteiger partial charge in [-0.05, 0) is 113 Å². The summed E-state index contributed by atoms with van der Waals surface area (Å²) in [4.78, 5) is 27.9. The second kappa shape index (κ2) is 29.8. The van der Waals surface area contributed by atoms with Crippen LogP contribution in [-0.2, 0) is 115 Å². The molecule has 37 nitrogen and oxygen atoms in total. The van der Waals surface area contributed by atoms with Crippen molar-refractivity contribution in [3.05, 3.63) is 11.6 Å². The van der Waals surface area contributed by atoms with E-state index in [1.807, 2.05) is 33.8 Å². The Kier molecular flexibility index (Phi) is 23.9. The molecule has 0 aromatic carbocycles. The molecule has 10 rings (SSSR count). The molecule has 10 aliphatic rings. The number of hydrogen-bond acceptors (Lipinski definition) is 34. The summed E-state index contributed by atoms with van der Waals surface area (Å²) < 4.78 is 192. The second-order valence-corrected chi connectivity index (χ2v) is 33.2. The topological polar surface area (TPSA) is 547 Å². The Balaban J connectivity index is 0.918. The number of rotatable bonds is 22. The number of aliphatic hydroxyl groups is 10. The first-order valence-electron chi connectivity index (χ1n) is 33.6. The van der Waals surface area contributed by atoms with E-state index in [-0.39, 0.29) is 37.0 Å². The van der Waals surface area contributed by atoms with Crippen LogP contribution in [0, 0.1) is 39.4 Å². The SMILES string of the molecule is CO[C@@H]1[C@@H](O)[C@H](O[C@@H]2[C@@H](O)[C@H](O[C@H]3[C@H](O)[C@@H](O[C@@H]4OC[C@@H](O)[C@H](O)[C@H]4O)[C@H](O[C@H]4[C@H](O[C@H]5CC[C@@]6(C)C(CCC7[C@@H]6CC[C@]68C(=O)O[C@H](CC=C(C)C)[C@@](C)(OC(C)=O)[C@@]6(O)CC[C@@]78C)C5(C)C)OC[C@@H](OS(=O)(=O)O)[C@@H]4O)O[C@@H]3C)O[C@H](COS(=O)(=O)O)[C@H]2O)O[C@H](COS(=O)(=O)O)[C@H]1O. The molecule has 40 heteroatoms. The fourth-order valence-electron chi connectivity index (χ4n) is 18.7. The molecule has 6 heterocycles. The summed E-state index contributed by atoms with van der Waals surface area (Å²) in [5.74, 6) is -1.42. The summed E-state index contributed by atoms with van der Waals surface area (Å²) in [6, 6.07) is 0. The van der Waals surface area contributed by atoms with Gasteiger partial charge in [0, 0.05) is 20.5 Å².